The van der Waals surface area contributed by atoms with Gasteiger partial charge in [-0.1, -0.05) is 6.92 Å². The predicted molar refractivity (Wildman–Crippen MR) is 86.3 cm³/mol. The largest absolute Gasteiger partial charge is 0.383 e. The third-order valence-electron chi connectivity index (χ3n) is 3.27. The highest BCUT2D eigenvalue weighted by molar-refractivity contribution is 7.97. The fourth-order valence-corrected chi connectivity index (χ4v) is 2.63. The first-order valence-corrected chi connectivity index (χ1v) is 8.49. The van der Waals surface area contributed by atoms with Gasteiger partial charge in [0.15, 0.2) is 0 Å². The van der Waals surface area contributed by atoms with Crippen LogP contribution >= 0.6 is 11.8 Å². The van der Waals surface area contributed by atoms with E-state index in [0.29, 0.717) is 5.92 Å². The van der Waals surface area contributed by atoms with Crippen LogP contribution in [0.1, 0.15) is 29.7 Å². The molecule has 1 atom stereocenters. The van der Waals surface area contributed by atoms with Crippen molar-refractivity contribution in [3.63, 3.8) is 0 Å². The molecule has 0 amide bonds. The number of hydrogen-bond acceptors (Lipinski definition) is 5. The minimum Gasteiger partial charge on any atom is -0.383 e. The van der Waals surface area contributed by atoms with Crippen LogP contribution in [0.15, 0.2) is 0 Å². The van der Waals surface area contributed by atoms with Crippen molar-refractivity contribution in [2.75, 3.05) is 33.1 Å². The molecule has 20 heavy (non-hydrogen) atoms. The van der Waals surface area contributed by atoms with E-state index in [9.17, 15) is 0 Å². The second kappa shape index (κ2) is 9.32. The number of nitrogens with one attached hydrogen (secondary N) is 1. The lowest BCUT2D eigenvalue weighted by atomic mass is 9.98. The first kappa shape index (κ1) is 17.4. The first-order valence-electron chi connectivity index (χ1n) is 7.10. The second-order valence-electron chi connectivity index (χ2n) is 5.23. The molecule has 1 N–H and O–H groups in total. The van der Waals surface area contributed by atoms with E-state index < -0.39 is 0 Å². The summed E-state index contributed by atoms with van der Waals surface area (Å²) >= 11 is 1.76. The Hall–Kier alpha value is -0.650. The highest BCUT2D eigenvalue weighted by Gasteiger charge is 2.12. The molecule has 0 aliphatic rings. The third kappa shape index (κ3) is 5.77. The Morgan fingerprint density at radius 3 is 2.45 bits per heavy atom. The van der Waals surface area contributed by atoms with Gasteiger partial charge in [0.05, 0.1) is 12.4 Å². The van der Waals surface area contributed by atoms with Gasteiger partial charge >= 0.3 is 0 Å². The molecule has 1 heterocycles. The van der Waals surface area contributed by atoms with Gasteiger partial charge in [-0.05, 0) is 44.6 Å². The summed E-state index contributed by atoms with van der Waals surface area (Å²) in [6, 6.07) is 0. The molecule has 0 aliphatic heterocycles. The summed E-state index contributed by atoms with van der Waals surface area (Å²) in [5.41, 5.74) is 3.56. The summed E-state index contributed by atoms with van der Waals surface area (Å²) in [5.74, 6) is 2.40. The van der Waals surface area contributed by atoms with Crippen molar-refractivity contribution in [2.45, 2.75) is 32.9 Å². The van der Waals surface area contributed by atoms with Crippen LogP contribution in [-0.2, 0) is 16.9 Å². The Kier molecular flexibility index (Phi) is 8.11. The molecule has 0 bridgehead atoms. The fourth-order valence-electron chi connectivity index (χ4n) is 2.24. The topological polar surface area (TPSA) is 47.0 Å². The van der Waals surface area contributed by atoms with Crippen LogP contribution < -0.4 is 5.32 Å². The van der Waals surface area contributed by atoms with Gasteiger partial charge in [0, 0.05) is 25.0 Å². The molecule has 114 valence electrons. The van der Waals surface area contributed by atoms with Crippen molar-refractivity contribution in [3.05, 3.63) is 22.8 Å². The summed E-state index contributed by atoms with van der Waals surface area (Å²) in [6.07, 6.45) is 3.10. The van der Waals surface area contributed by atoms with E-state index >= 15 is 0 Å². The molecule has 4 nitrogen and oxygen atoms in total. The second-order valence-corrected chi connectivity index (χ2v) is 6.09. The van der Waals surface area contributed by atoms with Crippen molar-refractivity contribution < 1.29 is 4.74 Å². The summed E-state index contributed by atoms with van der Waals surface area (Å²) < 4.78 is 5.03. The molecular weight excluding hydrogens is 270 g/mol. The molecular formula is C15H27N3OS. The lowest BCUT2D eigenvalue weighted by Gasteiger charge is -2.16. The van der Waals surface area contributed by atoms with E-state index in [1.807, 2.05) is 0 Å². The number of thioether (sulfide) groups is 1. The van der Waals surface area contributed by atoms with Crippen molar-refractivity contribution in [2.24, 2.45) is 5.92 Å². The Morgan fingerprint density at radius 2 is 1.90 bits per heavy atom. The van der Waals surface area contributed by atoms with Gasteiger partial charge in [0.25, 0.3) is 0 Å². The Morgan fingerprint density at radius 1 is 1.25 bits per heavy atom. The van der Waals surface area contributed by atoms with Crippen molar-refractivity contribution >= 4 is 11.8 Å². The van der Waals surface area contributed by atoms with Crippen LogP contribution in [-0.4, -0.2) is 43.0 Å². The lowest BCUT2D eigenvalue weighted by molar-refractivity contribution is 0.198. The number of methoxy groups -OCH3 is 1. The quantitative estimate of drug-likeness (QED) is 0.709. The Balaban J connectivity index is 2.58. The third-order valence-corrected chi connectivity index (χ3v) is 3.82. The van der Waals surface area contributed by atoms with E-state index in [1.165, 1.54) is 5.56 Å². The standard InChI is InChI=1S/C15H27N3OS/c1-11(9-16-6-7-19-4)8-14-12(2)17-15(10-20-5)18-13(14)3/h11,16H,6-10H2,1-5H3. The molecule has 0 saturated carbocycles. The SMILES string of the molecule is COCCNCC(C)Cc1c(C)nc(CSC)nc1C. The number of rotatable bonds is 9. The van der Waals surface area contributed by atoms with E-state index in [1.54, 1.807) is 18.9 Å². The lowest BCUT2D eigenvalue weighted by Crippen LogP contribution is -2.26. The number of hydrogen-bond donors (Lipinski definition) is 1. The molecule has 0 saturated heterocycles. The smallest absolute Gasteiger partial charge is 0.138 e. The molecule has 5 heteroatoms. The number of aromatic nitrogens is 2. The van der Waals surface area contributed by atoms with E-state index in [0.717, 1.165) is 49.1 Å². The molecule has 0 aliphatic carbocycles. The zero-order valence-electron chi connectivity index (χ0n) is 13.3. The van der Waals surface area contributed by atoms with E-state index in [-0.39, 0.29) is 0 Å². The average Bonchev–Trinajstić information content (AvgIpc) is 2.39. The summed E-state index contributed by atoms with van der Waals surface area (Å²) in [6.45, 7) is 9.11. The fraction of sp³-hybridized carbons (Fsp3) is 0.733. The molecule has 0 spiro atoms. The van der Waals surface area contributed by atoms with Gasteiger partial charge in [-0.3, -0.25) is 0 Å². The van der Waals surface area contributed by atoms with Crippen molar-refractivity contribution in [1.82, 2.24) is 15.3 Å². The molecule has 1 aromatic rings. The van der Waals surface area contributed by atoms with Crippen LogP contribution in [0.5, 0.6) is 0 Å². The zero-order chi connectivity index (χ0) is 15.0. The molecule has 1 rings (SSSR count). The minimum absolute atomic E-state index is 0.569. The van der Waals surface area contributed by atoms with E-state index in [4.69, 9.17) is 4.74 Å². The maximum absolute atomic E-state index is 5.03. The summed E-state index contributed by atoms with van der Waals surface area (Å²) in [4.78, 5) is 9.23. The van der Waals surface area contributed by atoms with Crippen molar-refractivity contribution in [1.29, 1.82) is 0 Å². The zero-order valence-corrected chi connectivity index (χ0v) is 14.1. The van der Waals surface area contributed by atoms with Crippen molar-refractivity contribution in [3.8, 4) is 0 Å². The number of nitrogens with zero attached hydrogens (tertiary/aromatic N) is 2. The highest BCUT2D eigenvalue weighted by atomic mass is 32.2. The molecule has 0 radical (unpaired) electrons. The minimum atomic E-state index is 0.569. The summed E-state index contributed by atoms with van der Waals surface area (Å²) in [5, 5.41) is 3.41. The van der Waals surface area contributed by atoms with Crippen LogP contribution in [0, 0.1) is 19.8 Å². The molecule has 0 aromatic carbocycles. The molecule has 1 unspecified atom stereocenters. The molecule has 0 fully saturated rings. The Labute approximate surface area is 127 Å². The normalized spacial score (nSPS) is 12.7. The summed E-state index contributed by atoms with van der Waals surface area (Å²) in [7, 11) is 1.73. The monoisotopic (exact) mass is 297 g/mol. The predicted octanol–water partition coefficient (Wildman–Crippen LogP) is 2.37. The van der Waals surface area contributed by atoms with Crippen LogP contribution in [0.2, 0.25) is 0 Å². The van der Waals surface area contributed by atoms with Crippen LogP contribution in [0.4, 0.5) is 0 Å². The van der Waals surface area contributed by atoms with Crippen LogP contribution in [0.3, 0.4) is 0 Å². The Bertz CT molecular complexity index is 389. The first-order chi connectivity index (χ1) is 9.58. The maximum Gasteiger partial charge on any atom is 0.138 e. The van der Waals surface area contributed by atoms with Crippen LogP contribution in [0.25, 0.3) is 0 Å². The van der Waals surface area contributed by atoms with Gasteiger partial charge in [0.1, 0.15) is 5.82 Å². The number of aryl methyl sites for hydroxylation is 2. The van der Waals surface area contributed by atoms with Gasteiger partial charge in [0.2, 0.25) is 0 Å². The number of ether oxygens (including phenoxy) is 1. The van der Waals surface area contributed by atoms with E-state index in [2.05, 4.69) is 42.3 Å². The van der Waals surface area contributed by atoms with Gasteiger partial charge in [-0.15, -0.1) is 0 Å². The van der Waals surface area contributed by atoms with Gasteiger partial charge in [-0.2, -0.15) is 11.8 Å². The molecule has 1 aromatic heterocycles. The average molecular weight is 297 g/mol. The van der Waals surface area contributed by atoms with Gasteiger partial charge < -0.3 is 10.1 Å². The maximum atomic E-state index is 5.03. The highest BCUT2D eigenvalue weighted by Crippen LogP contribution is 2.16. The van der Waals surface area contributed by atoms with Gasteiger partial charge in [-0.25, -0.2) is 9.97 Å².